The van der Waals surface area contributed by atoms with E-state index in [2.05, 4.69) is 28.7 Å². The van der Waals surface area contributed by atoms with Gasteiger partial charge in [-0.3, -0.25) is 4.68 Å². The zero-order valence-corrected chi connectivity index (χ0v) is 10.9. The fraction of sp³-hybridized carbons (Fsp3) is 0.769. The van der Waals surface area contributed by atoms with Gasteiger partial charge in [-0.1, -0.05) is 0 Å². The summed E-state index contributed by atoms with van der Waals surface area (Å²) in [4.78, 5) is 2.49. The Hall–Kier alpha value is -1.03. The molecule has 1 saturated heterocycles. The van der Waals surface area contributed by atoms with Gasteiger partial charge in [0, 0.05) is 26.2 Å². The van der Waals surface area contributed by atoms with Gasteiger partial charge in [-0.25, -0.2) is 0 Å². The monoisotopic (exact) mass is 234 g/mol. The van der Waals surface area contributed by atoms with Gasteiger partial charge in [-0.2, -0.15) is 5.10 Å². The van der Waals surface area contributed by atoms with Gasteiger partial charge in [-0.05, 0) is 33.1 Å². The van der Waals surface area contributed by atoms with Crippen molar-refractivity contribution < 1.29 is 0 Å². The van der Waals surface area contributed by atoms with Crippen LogP contribution in [0.1, 0.15) is 36.7 Å². The largest absolute Gasteiger partial charge is 0.366 e. The lowest BCUT2D eigenvalue weighted by Gasteiger charge is -2.31. The van der Waals surface area contributed by atoms with Crippen LogP contribution in [-0.4, -0.2) is 36.0 Å². The predicted octanol–water partition coefficient (Wildman–Crippen LogP) is 1.63. The van der Waals surface area contributed by atoms with E-state index in [0.29, 0.717) is 6.04 Å². The highest BCUT2D eigenvalue weighted by atomic mass is 15.3. The number of nitrogens with zero attached hydrogens (tertiary/aromatic N) is 3. The van der Waals surface area contributed by atoms with Gasteiger partial charge >= 0.3 is 0 Å². The fourth-order valence-corrected chi connectivity index (χ4v) is 2.99. The summed E-state index contributed by atoms with van der Waals surface area (Å²) in [5.41, 5.74) is 3.96. The summed E-state index contributed by atoms with van der Waals surface area (Å²) in [6.07, 6.45) is 3.98. The molecule has 1 aliphatic carbocycles. The van der Waals surface area contributed by atoms with Crippen LogP contribution < -0.4 is 10.2 Å². The first-order valence-electron chi connectivity index (χ1n) is 6.79. The minimum Gasteiger partial charge on any atom is -0.366 e. The molecule has 0 amide bonds. The van der Waals surface area contributed by atoms with Crippen molar-refractivity contribution in [2.24, 2.45) is 0 Å². The second kappa shape index (κ2) is 4.33. The van der Waals surface area contributed by atoms with Crippen molar-refractivity contribution in [1.29, 1.82) is 0 Å². The molecule has 1 aromatic rings. The fourth-order valence-electron chi connectivity index (χ4n) is 2.99. The molecule has 3 rings (SSSR count). The van der Waals surface area contributed by atoms with Gasteiger partial charge in [0.05, 0.1) is 23.1 Å². The van der Waals surface area contributed by atoms with Gasteiger partial charge in [0.1, 0.15) is 0 Å². The first-order chi connectivity index (χ1) is 8.27. The Morgan fingerprint density at radius 2 is 1.88 bits per heavy atom. The maximum atomic E-state index is 4.76. The standard InChI is InChI=1S/C13H22N4/c1-10-13(16-8-6-14-7-9-16)11(2)17(15-10)12-4-3-5-12/h12,14H,3-9H2,1-2H3. The van der Waals surface area contributed by atoms with Crippen LogP contribution in [0, 0.1) is 13.8 Å². The number of anilines is 1. The van der Waals surface area contributed by atoms with Crippen LogP contribution in [-0.2, 0) is 0 Å². The van der Waals surface area contributed by atoms with E-state index < -0.39 is 0 Å². The number of nitrogens with one attached hydrogen (secondary N) is 1. The Bertz CT molecular complexity index is 400. The summed E-state index contributed by atoms with van der Waals surface area (Å²) in [7, 11) is 0. The summed E-state index contributed by atoms with van der Waals surface area (Å²) in [5.74, 6) is 0. The third kappa shape index (κ3) is 1.84. The van der Waals surface area contributed by atoms with E-state index in [1.807, 2.05) is 0 Å². The molecule has 0 radical (unpaired) electrons. The van der Waals surface area contributed by atoms with Crippen LogP contribution in [0.2, 0.25) is 0 Å². The van der Waals surface area contributed by atoms with Crippen LogP contribution >= 0.6 is 0 Å². The second-order valence-electron chi connectivity index (χ2n) is 5.29. The lowest BCUT2D eigenvalue weighted by Crippen LogP contribution is -2.44. The molecule has 2 heterocycles. The van der Waals surface area contributed by atoms with E-state index in [-0.39, 0.29) is 0 Å². The van der Waals surface area contributed by atoms with E-state index in [1.165, 1.54) is 36.3 Å². The van der Waals surface area contributed by atoms with E-state index in [4.69, 9.17) is 5.10 Å². The van der Waals surface area contributed by atoms with Crippen LogP contribution in [0.15, 0.2) is 0 Å². The second-order valence-corrected chi connectivity index (χ2v) is 5.29. The Morgan fingerprint density at radius 1 is 1.18 bits per heavy atom. The highest BCUT2D eigenvalue weighted by molar-refractivity contribution is 5.55. The molecular formula is C13H22N4. The topological polar surface area (TPSA) is 33.1 Å². The van der Waals surface area contributed by atoms with Crippen LogP contribution in [0.25, 0.3) is 0 Å². The molecule has 4 nitrogen and oxygen atoms in total. The molecule has 1 N–H and O–H groups in total. The van der Waals surface area contributed by atoms with E-state index in [1.54, 1.807) is 0 Å². The molecule has 94 valence electrons. The van der Waals surface area contributed by atoms with E-state index in [0.717, 1.165) is 26.2 Å². The zero-order valence-electron chi connectivity index (χ0n) is 10.9. The molecule has 0 aromatic carbocycles. The maximum absolute atomic E-state index is 4.76. The number of aromatic nitrogens is 2. The first kappa shape index (κ1) is 11.1. The molecule has 0 bridgehead atoms. The smallest absolute Gasteiger partial charge is 0.0830 e. The van der Waals surface area contributed by atoms with Gasteiger partial charge in [-0.15, -0.1) is 0 Å². The summed E-state index contributed by atoms with van der Waals surface area (Å²) in [5, 5.41) is 8.17. The van der Waals surface area contributed by atoms with Crippen molar-refractivity contribution in [2.75, 3.05) is 31.1 Å². The van der Waals surface area contributed by atoms with Crippen LogP contribution in [0.5, 0.6) is 0 Å². The van der Waals surface area contributed by atoms with Crippen molar-refractivity contribution in [3.8, 4) is 0 Å². The van der Waals surface area contributed by atoms with E-state index in [9.17, 15) is 0 Å². The molecule has 2 fully saturated rings. The Kier molecular flexibility index (Phi) is 2.82. The molecule has 1 aromatic heterocycles. The third-order valence-electron chi connectivity index (χ3n) is 4.14. The molecule has 0 spiro atoms. The van der Waals surface area contributed by atoms with Gasteiger partial charge in [0.2, 0.25) is 0 Å². The summed E-state index contributed by atoms with van der Waals surface area (Å²) in [6.45, 7) is 8.78. The lowest BCUT2D eigenvalue weighted by molar-refractivity contribution is 0.284. The van der Waals surface area contributed by atoms with Gasteiger partial charge in [0.25, 0.3) is 0 Å². The molecule has 1 saturated carbocycles. The Balaban J connectivity index is 1.89. The number of piperazine rings is 1. The molecular weight excluding hydrogens is 212 g/mol. The molecule has 0 unspecified atom stereocenters. The van der Waals surface area contributed by atoms with Crippen molar-refractivity contribution in [3.63, 3.8) is 0 Å². The molecule has 0 atom stereocenters. The Labute approximate surface area is 103 Å². The van der Waals surface area contributed by atoms with Gasteiger partial charge < -0.3 is 10.2 Å². The summed E-state index contributed by atoms with van der Waals surface area (Å²) >= 11 is 0. The number of hydrogen-bond donors (Lipinski definition) is 1. The summed E-state index contributed by atoms with van der Waals surface area (Å²) < 4.78 is 2.27. The quantitative estimate of drug-likeness (QED) is 0.844. The molecule has 1 aliphatic heterocycles. The molecule has 2 aliphatic rings. The van der Waals surface area contributed by atoms with Crippen LogP contribution in [0.4, 0.5) is 5.69 Å². The SMILES string of the molecule is Cc1nn(C2CCC2)c(C)c1N1CCNCC1. The predicted molar refractivity (Wildman–Crippen MR) is 69.7 cm³/mol. The first-order valence-corrected chi connectivity index (χ1v) is 6.79. The maximum Gasteiger partial charge on any atom is 0.0830 e. The number of hydrogen-bond acceptors (Lipinski definition) is 3. The number of rotatable bonds is 2. The zero-order chi connectivity index (χ0) is 11.8. The van der Waals surface area contributed by atoms with Crippen molar-refractivity contribution in [3.05, 3.63) is 11.4 Å². The van der Waals surface area contributed by atoms with Crippen molar-refractivity contribution in [2.45, 2.75) is 39.2 Å². The third-order valence-corrected chi connectivity index (χ3v) is 4.14. The van der Waals surface area contributed by atoms with Gasteiger partial charge in [0.15, 0.2) is 0 Å². The molecule has 17 heavy (non-hydrogen) atoms. The van der Waals surface area contributed by atoms with E-state index >= 15 is 0 Å². The van der Waals surface area contributed by atoms with Crippen molar-refractivity contribution >= 4 is 5.69 Å². The highest BCUT2D eigenvalue weighted by Crippen LogP contribution is 2.35. The van der Waals surface area contributed by atoms with Crippen molar-refractivity contribution in [1.82, 2.24) is 15.1 Å². The molecule has 4 heteroatoms. The Morgan fingerprint density at radius 3 is 2.47 bits per heavy atom. The highest BCUT2D eigenvalue weighted by Gasteiger charge is 2.26. The number of aryl methyl sites for hydroxylation is 1. The minimum absolute atomic E-state index is 0.672. The lowest BCUT2D eigenvalue weighted by atomic mass is 9.93. The minimum atomic E-state index is 0.672. The van der Waals surface area contributed by atoms with Crippen LogP contribution in [0.3, 0.4) is 0 Å². The normalized spacial score (nSPS) is 21.6. The average molecular weight is 234 g/mol. The summed E-state index contributed by atoms with van der Waals surface area (Å²) in [6, 6.07) is 0.672. The average Bonchev–Trinajstić information content (AvgIpc) is 2.54.